The van der Waals surface area contributed by atoms with Crippen molar-refractivity contribution in [1.29, 1.82) is 0 Å². The van der Waals surface area contributed by atoms with Gasteiger partial charge in [-0.2, -0.15) is 17.3 Å². The standard InChI is InChI=1S/C38H47NO12S4.3Na/c1-37(2)32(30(9-5-7-21-53(41,42)43)31-16-15-29(25-33(31)37)55(47,48)49)17-12-26-10-11-27(23-26)13-19-36-38(3,4)34-24-28(52-51-50-40)14-18-35(34)39(36)20-6-8-22-54(44,45)46;;;/h12-19,23-25,30H,5-11,20-22H2,1-4H3,(H3-,40,41,42,43,44,45,46,47,48,49);;;/q;3*+1/p-2/b19-13?,26-12?,32-17-;;;. The molecule has 0 saturated heterocycles. The quantitative estimate of drug-likeness (QED) is 0.0316. The van der Waals surface area contributed by atoms with Gasteiger partial charge in [0.25, 0.3) is 10.1 Å². The fourth-order valence-electron chi connectivity index (χ4n) is 7.93. The predicted molar refractivity (Wildman–Crippen MR) is 204 cm³/mol. The molecule has 2 aliphatic carbocycles. The number of benzene rings is 2. The SMILES string of the molecule is CC1(C)C(C=CC2=CC(=C/C=C3/C(CCCCS(=O)(=O)[O-])c4ccc(S(=O)(=O)[O-])cc4C3(C)C)CC2)=[N+](CCCCS(=O)(=O)O)c2ccc(SOO[O-])cc21.[Na+].[Na+].[Na+]. The molecular formula is C38H45NNa3O12S4+. The van der Waals surface area contributed by atoms with E-state index in [1.54, 1.807) is 12.1 Å². The topological polar surface area (TPSA) is 213 Å². The summed E-state index contributed by atoms with van der Waals surface area (Å²) in [5.41, 5.74) is 6.52. The molecule has 3 aliphatic rings. The molecule has 0 amide bonds. The molecule has 2 aromatic rings. The Bertz CT molecular complexity index is 2320. The Labute approximate surface area is 413 Å². The van der Waals surface area contributed by atoms with E-state index in [0.29, 0.717) is 30.7 Å². The summed E-state index contributed by atoms with van der Waals surface area (Å²) in [5, 5.41) is 14.0. The smallest absolute Gasteiger partial charge is 0.748 e. The molecule has 58 heavy (non-hydrogen) atoms. The summed E-state index contributed by atoms with van der Waals surface area (Å²) in [5.74, 6) is -0.968. The van der Waals surface area contributed by atoms with Crippen molar-refractivity contribution in [3.05, 3.63) is 100 Å². The molecule has 13 nitrogen and oxygen atoms in total. The van der Waals surface area contributed by atoms with E-state index in [4.69, 9.17) is 0 Å². The second kappa shape index (κ2) is 22.1. The van der Waals surface area contributed by atoms with Gasteiger partial charge >= 0.3 is 88.7 Å². The van der Waals surface area contributed by atoms with Gasteiger partial charge in [0.2, 0.25) is 5.69 Å². The van der Waals surface area contributed by atoms with E-state index >= 15 is 0 Å². The van der Waals surface area contributed by atoms with E-state index < -0.39 is 46.9 Å². The van der Waals surface area contributed by atoms with E-state index in [0.717, 1.165) is 69.7 Å². The van der Waals surface area contributed by atoms with Crippen LogP contribution in [0.5, 0.6) is 0 Å². The Kier molecular flexibility index (Phi) is 20.6. The van der Waals surface area contributed by atoms with Gasteiger partial charge in [-0.25, -0.2) is 16.8 Å². The molecule has 300 valence electrons. The van der Waals surface area contributed by atoms with Gasteiger partial charge in [-0.15, -0.1) is 0 Å². The van der Waals surface area contributed by atoms with Crippen molar-refractivity contribution in [3.63, 3.8) is 0 Å². The van der Waals surface area contributed by atoms with Crippen molar-refractivity contribution in [1.82, 2.24) is 0 Å². The number of allylic oxidation sites excluding steroid dienone is 8. The maximum absolute atomic E-state index is 11.9. The van der Waals surface area contributed by atoms with Gasteiger partial charge in [-0.1, -0.05) is 56.2 Å². The number of unbranched alkanes of at least 4 members (excludes halogenated alkanes) is 2. The summed E-state index contributed by atoms with van der Waals surface area (Å²) in [6, 6.07) is 10.1. The number of rotatable bonds is 17. The van der Waals surface area contributed by atoms with Crippen LogP contribution in [-0.2, 0) is 50.6 Å². The second-order valence-electron chi connectivity index (χ2n) is 15.1. The van der Waals surface area contributed by atoms with Crippen LogP contribution in [0.3, 0.4) is 0 Å². The Morgan fingerprint density at radius 1 is 0.845 bits per heavy atom. The number of hydrogen-bond acceptors (Lipinski definition) is 12. The fourth-order valence-corrected chi connectivity index (χ4v) is 9.95. The summed E-state index contributed by atoms with van der Waals surface area (Å²) in [7, 11) is -13.1. The third-order valence-electron chi connectivity index (χ3n) is 10.7. The first-order valence-electron chi connectivity index (χ1n) is 17.8. The van der Waals surface area contributed by atoms with E-state index in [2.05, 4.69) is 46.0 Å². The van der Waals surface area contributed by atoms with Crippen LogP contribution in [0.25, 0.3) is 0 Å². The largest absolute Gasteiger partial charge is 1.00 e. The van der Waals surface area contributed by atoms with Crippen molar-refractivity contribution in [2.24, 2.45) is 0 Å². The van der Waals surface area contributed by atoms with Gasteiger partial charge in [-0.05, 0) is 92.5 Å². The molecule has 1 aliphatic heterocycles. The summed E-state index contributed by atoms with van der Waals surface area (Å²) in [6.45, 7) is 8.60. The molecule has 20 heteroatoms. The molecular weight excluding hydrogens is 860 g/mol. The van der Waals surface area contributed by atoms with Crippen LogP contribution in [0.15, 0.2) is 93.3 Å². The monoisotopic (exact) mass is 904 g/mol. The van der Waals surface area contributed by atoms with Crippen molar-refractivity contribution in [2.45, 2.75) is 99.2 Å². The van der Waals surface area contributed by atoms with E-state index in [-0.39, 0.29) is 118 Å². The van der Waals surface area contributed by atoms with Gasteiger partial charge in [0.15, 0.2) is 5.71 Å². The van der Waals surface area contributed by atoms with Crippen LogP contribution < -0.4 is 93.9 Å². The molecule has 0 bridgehead atoms. The molecule has 2 aromatic carbocycles. The Hall–Kier alpha value is 0.0300. The average molecular weight is 905 g/mol. The van der Waals surface area contributed by atoms with Crippen LogP contribution in [0.4, 0.5) is 5.69 Å². The Balaban J connectivity index is 0.00000387. The molecule has 0 spiro atoms. The maximum atomic E-state index is 11.9. The molecule has 1 atom stereocenters. The van der Waals surface area contributed by atoms with Crippen molar-refractivity contribution >= 4 is 53.8 Å². The van der Waals surface area contributed by atoms with Crippen LogP contribution in [-0.4, -0.2) is 67.2 Å². The van der Waals surface area contributed by atoms with Crippen LogP contribution in [0, 0.1) is 0 Å². The van der Waals surface area contributed by atoms with E-state index in [1.807, 2.05) is 38.1 Å². The van der Waals surface area contributed by atoms with Gasteiger partial charge in [0.05, 0.1) is 38.2 Å². The normalized spacial score (nSPS) is 19.8. The zero-order valence-corrected chi connectivity index (χ0v) is 43.3. The maximum Gasteiger partial charge on any atom is 1.00 e. The average Bonchev–Trinajstić information content (AvgIpc) is 3.69. The first-order valence-corrected chi connectivity index (χ1v) is 23.2. The number of nitrogens with zero attached hydrogens (tertiary/aromatic N) is 1. The van der Waals surface area contributed by atoms with Crippen molar-refractivity contribution in [3.8, 4) is 0 Å². The van der Waals surface area contributed by atoms with Crippen LogP contribution >= 0.6 is 12.0 Å². The van der Waals surface area contributed by atoms with Gasteiger partial charge in [0.1, 0.15) is 16.7 Å². The first kappa shape index (κ1) is 54.2. The van der Waals surface area contributed by atoms with Crippen LogP contribution in [0.2, 0.25) is 0 Å². The molecule has 1 N–H and O–H groups in total. The number of hydrogen-bond donors (Lipinski definition) is 1. The minimum atomic E-state index is -4.69. The Morgan fingerprint density at radius 2 is 1.53 bits per heavy atom. The third kappa shape index (κ3) is 13.8. The molecule has 0 radical (unpaired) electrons. The van der Waals surface area contributed by atoms with Gasteiger partial charge < -0.3 is 14.4 Å². The number of fused-ring (bicyclic) bond motifs is 2. The minimum absolute atomic E-state index is 0. The molecule has 0 saturated carbocycles. The third-order valence-corrected chi connectivity index (χ3v) is 13.7. The minimum Gasteiger partial charge on any atom is -0.748 e. The molecule has 5 rings (SSSR count). The first-order chi connectivity index (χ1) is 25.6. The van der Waals surface area contributed by atoms with Crippen molar-refractivity contribution < 1.29 is 147 Å². The van der Waals surface area contributed by atoms with Crippen LogP contribution in [0.1, 0.15) is 95.2 Å². The summed E-state index contributed by atoms with van der Waals surface area (Å²) >= 11 is 0.800. The summed E-state index contributed by atoms with van der Waals surface area (Å²) in [4.78, 5) is 0.360. The molecule has 1 unspecified atom stereocenters. The molecule has 0 fully saturated rings. The van der Waals surface area contributed by atoms with E-state index in [9.17, 15) is 44.2 Å². The van der Waals surface area contributed by atoms with E-state index in [1.165, 1.54) is 12.1 Å². The summed E-state index contributed by atoms with van der Waals surface area (Å²) in [6.07, 6.45) is 13.9. The predicted octanol–water partition coefficient (Wildman–Crippen LogP) is -3.20. The summed E-state index contributed by atoms with van der Waals surface area (Å²) < 4.78 is 108. The van der Waals surface area contributed by atoms with Gasteiger partial charge in [-0.3, -0.25) is 9.59 Å². The second-order valence-corrected chi connectivity index (χ2v) is 20.4. The van der Waals surface area contributed by atoms with Gasteiger partial charge in [0, 0.05) is 46.1 Å². The zero-order valence-electron chi connectivity index (χ0n) is 34.0. The molecule has 1 heterocycles. The Morgan fingerprint density at radius 3 is 2.17 bits per heavy atom. The zero-order chi connectivity index (χ0) is 40.4. The fraction of sp³-hybridized carbons (Fsp3) is 0.447. The molecule has 0 aromatic heterocycles. The van der Waals surface area contributed by atoms with Crippen molar-refractivity contribution in [2.75, 3.05) is 18.1 Å².